The highest BCUT2D eigenvalue weighted by molar-refractivity contribution is 5.71. The summed E-state index contributed by atoms with van der Waals surface area (Å²) in [6, 6.07) is 0. The van der Waals surface area contributed by atoms with Gasteiger partial charge >= 0.3 is 17.9 Å². The molecule has 1 atom stereocenters. The first-order valence-electron chi connectivity index (χ1n) is 31.0. The number of hydrogen-bond donors (Lipinski definition) is 0. The number of esters is 3. The quantitative estimate of drug-likeness (QED) is 0.0261. The van der Waals surface area contributed by atoms with Gasteiger partial charge in [0.1, 0.15) is 13.2 Å². The second-order valence-electron chi connectivity index (χ2n) is 19.9. The van der Waals surface area contributed by atoms with Crippen molar-refractivity contribution in [2.75, 3.05) is 13.2 Å². The van der Waals surface area contributed by atoms with Gasteiger partial charge in [-0.25, -0.2) is 0 Å². The normalized spacial score (nSPS) is 13.2. The van der Waals surface area contributed by atoms with Crippen LogP contribution in [-0.2, 0) is 28.6 Å². The molecule has 1 unspecified atom stereocenters. The van der Waals surface area contributed by atoms with Crippen molar-refractivity contribution in [2.24, 2.45) is 0 Å². The maximum Gasteiger partial charge on any atom is 0.306 e. The van der Waals surface area contributed by atoms with Crippen LogP contribution in [0.4, 0.5) is 0 Å². The minimum Gasteiger partial charge on any atom is -0.462 e. The molecule has 0 radical (unpaired) electrons. The molecule has 0 amide bonds. The molecule has 0 saturated carbocycles. The third-order valence-electron chi connectivity index (χ3n) is 12.5. The molecular weight excluding hydrogens is 949 g/mol. The Kier molecular flexibility index (Phi) is 59.5. The molecule has 0 spiro atoms. The first-order chi connectivity index (χ1) is 38.0. The highest BCUT2D eigenvalue weighted by Crippen LogP contribution is 2.14. The molecule has 0 aliphatic heterocycles. The minimum atomic E-state index is -0.813. The van der Waals surface area contributed by atoms with Crippen molar-refractivity contribution in [1.29, 1.82) is 0 Å². The van der Waals surface area contributed by atoms with E-state index in [1.807, 2.05) is 0 Å². The number of carbonyl (C=O) groups excluding carboxylic acids is 3. The van der Waals surface area contributed by atoms with Crippen molar-refractivity contribution in [1.82, 2.24) is 0 Å². The molecule has 6 heteroatoms. The summed E-state index contributed by atoms with van der Waals surface area (Å²) >= 11 is 0. The molecule has 0 aromatic rings. The monoisotopic (exact) mass is 1060 g/mol. The Balaban J connectivity index is 4.46. The summed E-state index contributed by atoms with van der Waals surface area (Å²) in [6.45, 7) is 6.34. The highest BCUT2D eigenvalue weighted by Gasteiger charge is 2.19. The molecule has 0 aromatic carbocycles. The summed E-state index contributed by atoms with van der Waals surface area (Å²) in [7, 11) is 0. The SMILES string of the molecule is CC/C=C\C/C=C\C/C=C\C/C=C\C/C=C\C/C=C\C/C=C\C/C=C\CCCCC(=O)OCC(COC(=O)CCCCCCCCCCCCC)OC(=O)CCCCCCC/C=C\C/C=C\C/C=C\C/C=C\C/C=C\CC. The van der Waals surface area contributed by atoms with Gasteiger partial charge in [-0.15, -0.1) is 0 Å². The zero-order chi connectivity index (χ0) is 55.7. The van der Waals surface area contributed by atoms with Gasteiger partial charge in [0.25, 0.3) is 0 Å². The average Bonchev–Trinajstić information content (AvgIpc) is 3.43. The summed E-state index contributed by atoms with van der Waals surface area (Å²) in [5.74, 6) is -0.975. The van der Waals surface area contributed by atoms with E-state index in [9.17, 15) is 14.4 Å². The number of allylic oxidation sites excluding steroid dienone is 26. The van der Waals surface area contributed by atoms with Gasteiger partial charge in [0.05, 0.1) is 0 Å². The topological polar surface area (TPSA) is 78.9 Å². The molecule has 0 saturated heterocycles. The van der Waals surface area contributed by atoms with Gasteiger partial charge in [-0.2, -0.15) is 0 Å². The van der Waals surface area contributed by atoms with Crippen LogP contribution in [0.1, 0.15) is 252 Å². The van der Waals surface area contributed by atoms with Crippen LogP contribution in [0.25, 0.3) is 0 Å². The van der Waals surface area contributed by atoms with Crippen LogP contribution in [0.5, 0.6) is 0 Å². The molecule has 432 valence electrons. The molecule has 77 heavy (non-hydrogen) atoms. The van der Waals surface area contributed by atoms with Crippen molar-refractivity contribution in [3.05, 3.63) is 158 Å². The maximum absolute atomic E-state index is 12.9. The van der Waals surface area contributed by atoms with E-state index in [2.05, 4.69) is 179 Å². The van der Waals surface area contributed by atoms with Gasteiger partial charge in [0, 0.05) is 19.3 Å². The second kappa shape index (κ2) is 63.6. The van der Waals surface area contributed by atoms with Gasteiger partial charge in [-0.3, -0.25) is 14.4 Å². The fourth-order valence-corrected chi connectivity index (χ4v) is 7.95. The van der Waals surface area contributed by atoms with Crippen molar-refractivity contribution >= 4 is 17.9 Å². The highest BCUT2D eigenvalue weighted by atomic mass is 16.6. The predicted molar refractivity (Wildman–Crippen MR) is 334 cm³/mol. The summed E-state index contributed by atoms with van der Waals surface area (Å²) in [5.41, 5.74) is 0. The van der Waals surface area contributed by atoms with Crippen LogP contribution >= 0.6 is 0 Å². The molecule has 0 aliphatic carbocycles. The number of rotatable bonds is 54. The Labute approximate surface area is 473 Å². The fraction of sp³-hybridized carbons (Fsp3) is 0.592. The van der Waals surface area contributed by atoms with Gasteiger partial charge in [-0.1, -0.05) is 262 Å². The van der Waals surface area contributed by atoms with Crippen LogP contribution in [0.2, 0.25) is 0 Å². The third kappa shape index (κ3) is 61.8. The number of ether oxygens (including phenoxy) is 3. The first-order valence-corrected chi connectivity index (χ1v) is 31.0. The number of unbranched alkanes of at least 4 members (excludes halogenated alkanes) is 17. The summed E-state index contributed by atoms with van der Waals surface area (Å²) in [6.07, 6.45) is 92.4. The Hall–Kier alpha value is -4.97. The Morgan fingerprint density at radius 3 is 0.818 bits per heavy atom. The first kappa shape index (κ1) is 72.0. The second-order valence-corrected chi connectivity index (χ2v) is 19.9. The largest absolute Gasteiger partial charge is 0.462 e. The lowest BCUT2D eigenvalue weighted by Gasteiger charge is -2.18. The zero-order valence-electron chi connectivity index (χ0n) is 49.4. The lowest BCUT2D eigenvalue weighted by molar-refractivity contribution is -0.167. The van der Waals surface area contributed by atoms with Gasteiger partial charge in [0.2, 0.25) is 0 Å². The van der Waals surface area contributed by atoms with Crippen LogP contribution in [0, 0.1) is 0 Å². The van der Waals surface area contributed by atoms with Crippen molar-refractivity contribution in [3.63, 3.8) is 0 Å². The molecule has 0 heterocycles. The molecule has 0 bridgehead atoms. The maximum atomic E-state index is 12.9. The lowest BCUT2D eigenvalue weighted by atomic mass is 10.1. The van der Waals surface area contributed by atoms with E-state index < -0.39 is 6.10 Å². The summed E-state index contributed by atoms with van der Waals surface area (Å²) in [5, 5.41) is 0. The fourth-order valence-electron chi connectivity index (χ4n) is 7.95. The van der Waals surface area contributed by atoms with Crippen LogP contribution in [-0.4, -0.2) is 37.2 Å². The van der Waals surface area contributed by atoms with Crippen molar-refractivity contribution in [2.45, 2.75) is 258 Å². The van der Waals surface area contributed by atoms with E-state index in [4.69, 9.17) is 14.2 Å². The van der Waals surface area contributed by atoms with Crippen molar-refractivity contribution < 1.29 is 28.6 Å². The van der Waals surface area contributed by atoms with Crippen LogP contribution in [0.3, 0.4) is 0 Å². The van der Waals surface area contributed by atoms with E-state index in [1.54, 1.807) is 0 Å². The van der Waals surface area contributed by atoms with E-state index >= 15 is 0 Å². The molecular formula is C71H112O6. The van der Waals surface area contributed by atoms with Crippen molar-refractivity contribution in [3.8, 4) is 0 Å². The Morgan fingerprint density at radius 1 is 0.273 bits per heavy atom. The molecule has 0 rings (SSSR count). The molecule has 6 nitrogen and oxygen atoms in total. The van der Waals surface area contributed by atoms with E-state index in [-0.39, 0.29) is 31.1 Å². The number of carbonyl (C=O) groups is 3. The molecule has 0 aliphatic rings. The van der Waals surface area contributed by atoms with Gasteiger partial charge in [0.15, 0.2) is 6.10 Å². The van der Waals surface area contributed by atoms with Gasteiger partial charge < -0.3 is 14.2 Å². The third-order valence-corrected chi connectivity index (χ3v) is 12.5. The Bertz CT molecular complexity index is 1740. The summed E-state index contributed by atoms with van der Waals surface area (Å²) < 4.78 is 16.8. The van der Waals surface area contributed by atoms with E-state index in [0.29, 0.717) is 25.7 Å². The number of hydrogen-bond acceptors (Lipinski definition) is 6. The molecule has 0 fully saturated rings. The molecule has 0 N–H and O–H groups in total. The molecule has 0 aromatic heterocycles. The Morgan fingerprint density at radius 2 is 0.506 bits per heavy atom. The van der Waals surface area contributed by atoms with Crippen LogP contribution < -0.4 is 0 Å². The van der Waals surface area contributed by atoms with Crippen LogP contribution in [0.15, 0.2) is 158 Å². The standard InChI is InChI=1S/C71H112O6/c1-4-7-10-13-16-19-22-24-26-28-30-32-33-34-35-36-37-39-40-42-44-46-49-52-55-58-61-64-70(73)76-67-68(66-75-69(72)63-60-57-54-51-48-21-18-15-12-9-6-3)77-71(74)65-62-59-56-53-50-47-45-43-41-38-31-29-27-25-23-20-17-14-11-8-5-2/h7-8,10-11,16-17,19-20,24-27,30-32,34-35,37-39,42-45,49,52,68H,4-6,9,12-15,18,21-23,28-29,33,36,40-41,46-48,50-51,53-67H2,1-3H3/b10-7-,11-8-,19-16-,20-17-,26-24-,27-25-,32-30-,35-34-,38-31-,39-37-,44-42-,45-43-,52-49-. The predicted octanol–water partition coefficient (Wildman–Crippen LogP) is 21.3. The lowest BCUT2D eigenvalue weighted by Crippen LogP contribution is -2.30. The van der Waals surface area contributed by atoms with Gasteiger partial charge in [-0.05, 0) is 128 Å². The zero-order valence-corrected chi connectivity index (χ0v) is 49.4. The van der Waals surface area contributed by atoms with E-state index in [1.165, 1.54) is 51.4 Å². The minimum absolute atomic E-state index is 0.105. The smallest absolute Gasteiger partial charge is 0.306 e. The van der Waals surface area contributed by atoms with E-state index in [0.717, 1.165) is 154 Å². The summed E-state index contributed by atoms with van der Waals surface area (Å²) in [4.78, 5) is 38.2. The average molecular weight is 1060 g/mol.